The molecule has 11 aromatic rings. The van der Waals surface area contributed by atoms with Crippen LogP contribution in [-0.2, 0) is 7.05 Å². The van der Waals surface area contributed by atoms with Gasteiger partial charge in [0.1, 0.15) is 22.9 Å². The van der Waals surface area contributed by atoms with Crippen molar-refractivity contribution in [3.05, 3.63) is 145 Å². The molecule has 4 aromatic carbocycles. The molecule has 0 radical (unpaired) electrons. The molecule has 0 aliphatic heterocycles. The first-order valence-electron chi connectivity index (χ1n) is 17.4. The highest BCUT2D eigenvalue weighted by Gasteiger charge is 2.27. The molecule has 0 aliphatic rings. The van der Waals surface area contributed by atoms with Crippen molar-refractivity contribution in [1.82, 2.24) is 42.8 Å². The Hall–Kier alpha value is -7.00. The molecule has 0 saturated heterocycles. The van der Waals surface area contributed by atoms with E-state index in [1.165, 1.54) is 43.4 Å². The van der Waals surface area contributed by atoms with Gasteiger partial charge in [0.15, 0.2) is 0 Å². The van der Waals surface area contributed by atoms with Crippen LogP contribution in [-0.4, -0.2) is 42.8 Å². The van der Waals surface area contributed by atoms with E-state index < -0.39 is 0 Å². The number of hydrogen-bond donors (Lipinski definition) is 0. The summed E-state index contributed by atoms with van der Waals surface area (Å²) in [6, 6.07) is 38.7. The average molecular weight is 674 g/mol. The van der Waals surface area contributed by atoms with Gasteiger partial charge < -0.3 is 4.57 Å². The van der Waals surface area contributed by atoms with Gasteiger partial charge in [-0.3, -0.25) is 18.3 Å². The van der Waals surface area contributed by atoms with Gasteiger partial charge in [-0.05, 0) is 74.5 Å². The third kappa shape index (κ3) is 3.76. The number of para-hydroxylation sites is 2. The molecule has 0 amide bonds. The molecular weight excluding hydrogens is 643 g/mol. The average Bonchev–Trinajstić information content (AvgIpc) is 3.96. The van der Waals surface area contributed by atoms with Crippen molar-refractivity contribution in [1.29, 1.82) is 0 Å². The van der Waals surface area contributed by atoms with E-state index in [9.17, 15) is 0 Å². The minimum atomic E-state index is 0.630. The highest BCUT2D eigenvalue weighted by Crippen LogP contribution is 2.43. The minimum absolute atomic E-state index is 0.630. The highest BCUT2D eigenvalue weighted by atomic mass is 15.3. The lowest BCUT2D eigenvalue weighted by atomic mass is 10.1. The zero-order valence-electron chi connectivity index (χ0n) is 28.7. The van der Waals surface area contributed by atoms with Crippen molar-refractivity contribution >= 4 is 65.7 Å². The number of fused-ring (bicyclic) bond motifs is 10. The van der Waals surface area contributed by atoms with E-state index in [-0.39, 0.29) is 0 Å². The topological polar surface area (TPSA) is 76.2 Å². The van der Waals surface area contributed by atoms with Crippen molar-refractivity contribution in [3.63, 3.8) is 0 Å². The van der Waals surface area contributed by atoms with Crippen LogP contribution in [0.15, 0.2) is 134 Å². The molecule has 248 valence electrons. The largest absolute Gasteiger partial charge is 0.316 e. The lowest BCUT2D eigenvalue weighted by Crippen LogP contribution is -2.11. The van der Waals surface area contributed by atoms with Gasteiger partial charge in [0.2, 0.25) is 11.9 Å². The molecule has 0 bridgehead atoms. The summed E-state index contributed by atoms with van der Waals surface area (Å²) in [6.45, 7) is 4.29. The predicted molar refractivity (Wildman–Crippen MR) is 208 cm³/mol. The second-order valence-electron chi connectivity index (χ2n) is 13.5. The third-order valence-electron chi connectivity index (χ3n) is 10.5. The Morgan fingerprint density at radius 2 is 0.808 bits per heavy atom. The molecule has 0 fully saturated rings. The normalized spacial score (nSPS) is 12.1. The van der Waals surface area contributed by atoms with Crippen LogP contribution in [0.4, 0.5) is 0 Å². The SMILES string of the molecule is Cc1ccc2c(c1)c1c3ccccc3n(-c3ccc(-n4c5ccccc5c5c6cc(C)ccc6n(-c6ncccn6)c54)n3C)c1n2-c1ncccn1. The molecule has 0 atom stereocenters. The van der Waals surface area contributed by atoms with E-state index in [2.05, 4.69) is 141 Å². The van der Waals surface area contributed by atoms with Gasteiger partial charge in [0.05, 0.1) is 22.1 Å². The molecule has 0 saturated carbocycles. The summed E-state index contributed by atoms with van der Waals surface area (Å²) in [5.41, 5.74) is 8.80. The van der Waals surface area contributed by atoms with Crippen LogP contribution in [0.2, 0.25) is 0 Å². The quantitative estimate of drug-likeness (QED) is 0.187. The van der Waals surface area contributed by atoms with E-state index in [0.29, 0.717) is 11.9 Å². The first-order valence-corrected chi connectivity index (χ1v) is 17.4. The Kier molecular flexibility index (Phi) is 5.82. The van der Waals surface area contributed by atoms with Crippen molar-refractivity contribution in [3.8, 4) is 23.5 Å². The van der Waals surface area contributed by atoms with Crippen LogP contribution >= 0.6 is 0 Å². The van der Waals surface area contributed by atoms with E-state index in [4.69, 9.17) is 19.9 Å². The maximum absolute atomic E-state index is 4.76. The number of rotatable bonds is 4. The number of hydrogen-bond acceptors (Lipinski definition) is 4. The Balaban J connectivity index is 1.28. The molecule has 7 heterocycles. The number of aryl methyl sites for hydroxylation is 2. The lowest BCUT2D eigenvalue weighted by Gasteiger charge is -2.16. The minimum Gasteiger partial charge on any atom is -0.316 e. The van der Waals surface area contributed by atoms with E-state index in [1.54, 1.807) is 24.8 Å². The van der Waals surface area contributed by atoms with Crippen LogP contribution < -0.4 is 0 Å². The fraction of sp³-hybridized carbons (Fsp3) is 0.0698. The van der Waals surface area contributed by atoms with Crippen molar-refractivity contribution < 1.29 is 0 Å². The van der Waals surface area contributed by atoms with E-state index >= 15 is 0 Å². The summed E-state index contributed by atoms with van der Waals surface area (Å²) in [7, 11) is 2.15. The van der Waals surface area contributed by atoms with Gasteiger partial charge in [0, 0.05) is 64.2 Å². The van der Waals surface area contributed by atoms with Crippen LogP contribution in [0.3, 0.4) is 0 Å². The number of nitrogens with zero attached hydrogens (tertiary/aromatic N) is 9. The Bertz CT molecular complexity index is 2990. The highest BCUT2D eigenvalue weighted by molar-refractivity contribution is 6.23. The third-order valence-corrected chi connectivity index (χ3v) is 10.5. The van der Waals surface area contributed by atoms with Gasteiger partial charge in [0.25, 0.3) is 0 Å². The smallest absolute Gasteiger partial charge is 0.235 e. The van der Waals surface area contributed by atoms with Crippen LogP contribution in [0.25, 0.3) is 89.2 Å². The first kappa shape index (κ1) is 28.8. The standard InChI is InChI=1S/C43H31N9/c1-26-14-16-34-30(24-26)38-28-10-4-6-12-32(28)49(40(38)51(34)42-44-20-8-21-45-42)36-18-19-37(48(36)3)50-33-13-7-5-11-29(33)39-31-25-27(2)15-17-35(31)52(41(39)50)43-46-22-9-23-47-43/h4-25H,1-3H3. The van der Waals surface area contributed by atoms with Crippen molar-refractivity contribution in [2.45, 2.75) is 13.8 Å². The van der Waals surface area contributed by atoms with Gasteiger partial charge in [-0.2, -0.15) is 0 Å². The predicted octanol–water partition coefficient (Wildman–Crippen LogP) is 9.30. The summed E-state index contributed by atoms with van der Waals surface area (Å²) in [5, 5.41) is 7.05. The molecule has 52 heavy (non-hydrogen) atoms. The fourth-order valence-electron chi connectivity index (χ4n) is 8.35. The monoisotopic (exact) mass is 673 g/mol. The second-order valence-corrected chi connectivity index (χ2v) is 13.5. The molecule has 7 aromatic heterocycles. The lowest BCUT2D eigenvalue weighted by molar-refractivity contribution is 0.817. The van der Waals surface area contributed by atoms with Crippen LogP contribution in [0, 0.1) is 13.8 Å². The maximum Gasteiger partial charge on any atom is 0.235 e. The van der Waals surface area contributed by atoms with Gasteiger partial charge in [-0.25, -0.2) is 19.9 Å². The Morgan fingerprint density at radius 3 is 1.25 bits per heavy atom. The Morgan fingerprint density at radius 1 is 0.404 bits per heavy atom. The molecular formula is C43H31N9. The maximum atomic E-state index is 4.76. The van der Waals surface area contributed by atoms with Gasteiger partial charge >= 0.3 is 0 Å². The molecule has 9 heteroatoms. The summed E-state index contributed by atoms with van der Waals surface area (Å²) < 4.78 is 11.4. The molecule has 0 N–H and O–H groups in total. The van der Waals surface area contributed by atoms with E-state index in [0.717, 1.165) is 45.0 Å². The molecule has 11 rings (SSSR count). The number of aromatic nitrogens is 9. The summed E-state index contributed by atoms with van der Waals surface area (Å²) in [6.07, 6.45) is 7.23. The molecule has 9 nitrogen and oxygen atoms in total. The summed E-state index contributed by atoms with van der Waals surface area (Å²) >= 11 is 0. The van der Waals surface area contributed by atoms with Gasteiger partial charge in [-0.15, -0.1) is 0 Å². The molecule has 0 unspecified atom stereocenters. The van der Waals surface area contributed by atoms with Crippen LogP contribution in [0.5, 0.6) is 0 Å². The van der Waals surface area contributed by atoms with Gasteiger partial charge in [-0.1, -0.05) is 59.7 Å². The fourth-order valence-corrected chi connectivity index (χ4v) is 8.35. The molecule has 0 aliphatic carbocycles. The second kappa shape index (κ2) is 10.5. The Labute approximate surface area is 297 Å². The summed E-state index contributed by atoms with van der Waals surface area (Å²) in [4.78, 5) is 19.1. The summed E-state index contributed by atoms with van der Waals surface area (Å²) in [5.74, 6) is 3.29. The van der Waals surface area contributed by atoms with Crippen molar-refractivity contribution in [2.24, 2.45) is 7.05 Å². The van der Waals surface area contributed by atoms with Crippen molar-refractivity contribution in [2.75, 3.05) is 0 Å². The van der Waals surface area contributed by atoms with Crippen LogP contribution in [0.1, 0.15) is 11.1 Å². The molecule has 0 spiro atoms. The first-order chi connectivity index (χ1) is 25.6. The number of benzene rings is 4. The van der Waals surface area contributed by atoms with E-state index in [1.807, 2.05) is 12.1 Å². The zero-order chi connectivity index (χ0) is 34.7. The zero-order valence-corrected chi connectivity index (χ0v) is 28.7.